The first-order valence-electron chi connectivity index (χ1n) is 12.5. The highest BCUT2D eigenvalue weighted by atomic mass is 32.2. The molecular weight excluding hydrogens is 527 g/mol. The van der Waals surface area contributed by atoms with Crippen molar-refractivity contribution in [3.8, 4) is 5.88 Å². The lowest BCUT2D eigenvalue weighted by molar-refractivity contribution is -0.121. The number of sulfonamides is 1. The second-order valence-electron chi connectivity index (χ2n) is 9.22. The van der Waals surface area contributed by atoms with Crippen molar-refractivity contribution in [2.24, 2.45) is 10.9 Å². The van der Waals surface area contributed by atoms with Gasteiger partial charge in [-0.3, -0.25) is 4.79 Å². The number of nitrogens with one attached hydrogen (secondary N) is 1. The van der Waals surface area contributed by atoms with E-state index in [2.05, 4.69) is 16.0 Å². The van der Waals surface area contributed by atoms with E-state index in [0.717, 1.165) is 47.2 Å². The Kier molecular flexibility index (Phi) is 9.28. The van der Waals surface area contributed by atoms with Crippen LogP contribution < -0.4 is 4.72 Å². The first-order chi connectivity index (χ1) is 17.8. The molecule has 3 aromatic rings. The van der Waals surface area contributed by atoms with E-state index >= 15 is 0 Å². The lowest BCUT2D eigenvalue weighted by Crippen LogP contribution is -2.24. The monoisotopic (exact) mass is 559 g/mol. The van der Waals surface area contributed by atoms with Crippen LogP contribution >= 0.6 is 23.1 Å². The Morgan fingerprint density at radius 2 is 2.05 bits per heavy atom. The second-order valence-corrected chi connectivity index (χ2v) is 13.2. The molecule has 4 rings (SSSR count). The summed E-state index contributed by atoms with van der Waals surface area (Å²) < 4.78 is 29.3. The van der Waals surface area contributed by atoms with Gasteiger partial charge in [0.1, 0.15) is 4.21 Å². The van der Waals surface area contributed by atoms with Gasteiger partial charge in [0.25, 0.3) is 0 Å². The van der Waals surface area contributed by atoms with Crippen molar-refractivity contribution in [1.29, 1.82) is 0 Å². The standard InChI is InChI=1S/C27H33N3O4S3/c1-19(8-3-4-14-28-37(33,34)24-11-6-17-36-24)26(31)29-21-12-13-23-25-20(18-21)9-5-10-22(25)27(32)30(23)15-7-16-35-2/h5-6,9-13,17,19,28,32H,3-4,7-8,14-16,18H2,1-2H3/t19-/m0/s1. The van der Waals surface area contributed by atoms with Gasteiger partial charge in [-0.2, -0.15) is 11.8 Å². The van der Waals surface area contributed by atoms with Crippen LogP contribution in [0.3, 0.4) is 0 Å². The van der Waals surface area contributed by atoms with Crippen LogP contribution in [-0.2, 0) is 27.8 Å². The number of hydrogen-bond donors (Lipinski definition) is 2. The van der Waals surface area contributed by atoms with Crippen LogP contribution in [0, 0.1) is 5.92 Å². The fourth-order valence-electron chi connectivity index (χ4n) is 4.55. The minimum absolute atomic E-state index is 0.164. The number of nitrogens with zero attached hydrogens (tertiary/aromatic N) is 2. The number of unbranched alkanes of at least 4 members (excludes halogenated alkanes) is 1. The molecule has 1 aromatic carbocycles. The molecule has 0 fully saturated rings. The van der Waals surface area contributed by atoms with Crippen molar-refractivity contribution in [2.75, 3.05) is 18.6 Å². The number of amides is 1. The normalized spacial score (nSPS) is 15.4. The SMILES string of the molecule is CSCCCn1c(O)c2cccc3c2c1C=CC(=NC(=O)[C@@H](C)CCCCNS(=O)(=O)c1cccs1)C3. The summed E-state index contributed by atoms with van der Waals surface area (Å²) in [7, 11) is -3.45. The summed E-state index contributed by atoms with van der Waals surface area (Å²) in [6.45, 7) is 2.94. The molecular formula is C27H33N3O4S3. The molecule has 1 aliphatic carbocycles. The summed E-state index contributed by atoms with van der Waals surface area (Å²) in [5.41, 5.74) is 2.72. The predicted octanol–water partition coefficient (Wildman–Crippen LogP) is 5.48. The molecule has 0 unspecified atom stereocenters. The van der Waals surface area contributed by atoms with E-state index in [4.69, 9.17) is 0 Å². The van der Waals surface area contributed by atoms with Crippen molar-refractivity contribution in [1.82, 2.24) is 9.29 Å². The number of thiophene rings is 1. The maximum absolute atomic E-state index is 12.9. The fraction of sp³-hybridized carbons (Fsp3) is 0.407. The van der Waals surface area contributed by atoms with Gasteiger partial charge in [-0.1, -0.05) is 31.5 Å². The Morgan fingerprint density at radius 3 is 2.81 bits per heavy atom. The Bertz CT molecular complexity index is 1410. The highest BCUT2D eigenvalue weighted by Gasteiger charge is 2.21. The van der Waals surface area contributed by atoms with Crippen molar-refractivity contribution in [3.63, 3.8) is 0 Å². The predicted molar refractivity (Wildman–Crippen MR) is 154 cm³/mol. The fourth-order valence-corrected chi connectivity index (χ4v) is 7.08. The molecule has 0 radical (unpaired) electrons. The molecule has 1 amide bonds. The lowest BCUT2D eigenvalue weighted by Gasteiger charge is -2.09. The van der Waals surface area contributed by atoms with E-state index in [1.54, 1.807) is 29.3 Å². The molecule has 0 spiro atoms. The molecule has 198 valence electrons. The Balaban J connectivity index is 1.37. The number of allylic oxidation sites excluding steroid dienone is 1. The minimum atomic E-state index is -3.45. The van der Waals surface area contributed by atoms with E-state index in [1.807, 2.05) is 41.8 Å². The van der Waals surface area contributed by atoms with Gasteiger partial charge in [-0.05, 0) is 66.5 Å². The van der Waals surface area contributed by atoms with Gasteiger partial charge in [0, 0.05) is 41.9 Å². The van der Waals surface area contributed by atoms with E-state index in [0.29, 0.717) is 41.6 Å². The molecule has 0 saturated heterocycles. The van der Waals surface area contributed by atoms with Gasteiger partial charge in [0.2, 0.25) is 15.9 Å². The van der Waals surface area contributed by atoms with Gasteiger partial charge in [-0.25, -0.2) is 18.1 Å². The number of carbonyl (C=O) groups is 1. The summed E-state index contributed by atoms with van der Waals surface area (Å²) in [6.07, 6.45) is 9.44. The third-order valence-corrected chi connectivity index (χ3v) is 10.1. The highest BCUT2D eigenvalue weighted by molar-refractivity contribution is 7.98. The molecule has 1 aliphatic rings. The summed E-state index contributed by atoms with van der Waals surface area (Å²) >= 11 is 2.98. The number of aliphatic imine (C=N–C) groups is 1. The Morgan fingerprint density at radius 1 is 1.22 bits per heavy atom. The van der Waals surface area contributed by atoms with Crippen molar-refractivity contribution >= 4 is 61.6 Å². The van der Waals surface area contributed by atoms with Crippen LogP contribution in [0.2, 0.25) is 0 Å². The lowest BCUT2D eigenvalue weighted by atomic mass is 10.0. The summed E-state index contributed by atoms with van der Waals surface area (Å²) in [5.74, 6) is 0.896. The number of thioether (sulfide) groups is 1. The second kappa shape index (κ2) is 12.4. The van der Waals surface area contributed by atoms with Crippen LogP contribution in [0.5, 0.6) is 5.88 Å². The third kappa shape index (κ3) is 6.54. The molecule has 0 bridgehead atoms. The molecule has 2 N–H and O–H groups in total. The largest absolute Gasteiger partial charge is 0.494 e. The van der Waals surface area contributed by atoms with E-state index in [1.165, 1.54) is 11.3 Å². The van der Waals surface area contributed by atoms with Crippen LogP contribution in [0.1, 0.15) is 43.9 Å². The average molecular weight is 560 g/mol. The molecule has 0 aliphatic heterocycles. The van der Waals surface area contributed by atoms with E-state index in [-0.39, 0.29) is 11.8 Å². The zero-order valence-corrected chi connectivity index (χ0v) is 23.6. The van der Waals surface area contributed by atoms with Gasteiger partial charge >= 0.3 is 0 Å². The first kappa shape index (κ1) is 27.6. The molecule has 2 heterocycles. The quantitative estimate of drug-likeness (QED) is 0.286. The van der Waals surface area contributed by atoms with Gasteiger partial charge in [-0.15, -0.1) is 11.3 Å². The van der Waals surface area contributed by atoms with Crippen LogP contribution in [0.15, 0.2) is 51.0 Å². The van der Waals surface area contributed by atoms with Crippen molar-refractivity contribution in [3.05, 3.63) is 53.0 Å². The highest BCUT2D eigenvalue weighted by Crippen LogP contribution is 2.36. The van der Waals surface area contributed by atoms with Gasteiger partial charge in [0.05, 0.1) is 5.69 Å². The maximum Gasteiger partial charge on any atom is 0.250 e. The molecule has 0 saturated carbocycles. The molecule has 1 atom stereocenters. The number of benzene rings is 1. The smallest absolute Gasteiger partial charge is 0.250 e. The number of rotatable bonds is 12. The van der Waals surface area contributed by atoms with Crippen molar-refractivity contribution < 1.29 is 18.3 Å². The third-order valence-electron chi connectivity index (χ3n) is 6.52. The molecule has 10 heteroatoms. The summed E-state index contributed by atoms with van der Waals surface area (Å²) in [6, 6.07) is 9.21. The molecule has 37 heavy (non-hydrogen) atoms. The average Bonchev–Trinajstić information content (AvgIpc) is 3.46. The van der Waals surface area contributed by atoms with E-state index < -0.39 is 10.0 Å². The number of aromatic nitrogens is 1. The number of hydrogen-bond acceptors (Lipinski definition) is 6. The Labute approximate surface area is 226 Å². The number of aromatic hydroxyl groups is 1. The summed E-state index contributed by atoms with van der Waals surface area (Å²) in [5, 5.41) is 14.4. The number of carbonyl (C=O) groups excluding carboxylic acids is 1. The van der Waals surface area contributed by atoms with E-state index in [9.17, 15) is 18.3 Å². The zero-order valence-electron chi connectivity index (χ0n) is 21.1. The maximum atomic E-state index is 12.9. The minimum Gasteiger partial charge on any atom is -0.494 e. The van der Waals surface area contributed by atoms with Gasteiger partial charge in [0.15, 0.2) is 5.88 Å². The summed E-state index contributed by atoms with van der Waals surface area (Å²) in [4.78, 5) is 17.3. The van der Waals surface area contributed by atoms with Crippen LogP contribution in [0.4, 0.5) is 0 Å². The van der Waals surface area contributed by atoms with Crippen LogP contribution in [-0.4, -0.2) is 48.3 Å². The zero-order chi connectivity index (χ0) is 26.4. The topological polar surface area (TPSA) is 101 Å². The molecule has 2 aromatic heterocycles. The Hall–Kier alpha value is -2.40. The first-order valence-corrected chi connectivity index (χ1v) is 16.2. The van der Waals surface area contributed by atoms with Gasteiger partial charge < -0.3 is 9.67 Å². The van der Waals surface area contributed by atoms with Crippen LogP contribution in [0.25, 0.3) is 16.8 Å². The molecule has 7 nitrogen and oxygen atoms in total. The van der Waals surface area contributed by atoms with Crippen molar-refractivity contribution in [2.45, 2.75) is 49.8 Å².